The maximum atomic E-state index is 13.6. The molecule has 3 rings (SSSR count). The molecule has 1 saturated heterocycles. The Morgan fingerprint density at radius 2 is 1.63 bits per heavy atom. The molecule has 0 spiro atoms. The molecule has 0 N–H and O–H groups in total. The van der Waals surface area contributed by atoms with Crippen molar-refractivity contribution in [3.63, 3.8) is 0 Å². The number of sulfonamides is 1. The van der Waals surface area contributed by atoms with E-state index in [-0.39, 0.29) is 16.9 Å². The van der Waals surface area contributed by atoms with Gasteiger partial charge in [0.15, 0.2) is 0 Å². The van der Waals surface area contributed by atoms with Crippen molar-refractivity contribution in [2.75, 3.05) is 6.54 Å². The van der Waals surface area contributed by atoms with Gasteiger partial charge in [0, 0.05) is 12.6 Å². The van der Waals surface area contributed by atoms with Crippen LogP contribution in [-0.2, 0) is 15.4 Å². The van der Waals surface area contributed by atoms with Crippen molar-refractivity contribution in [2.24, 2.45) is 5.41 Å². The maximum absolute atomic E-state index is 13.6. The average molecular weight is 426 g/mol. The van der Waals surface area contributed by atoms with E-state index in [9.17, 15) is 8.42 Å². The molecule has 162 valence electrons. The fraction of sp³-hybridized carbons (Fsp3) is 0.462. The van der Waals surface area contributed by atoms with Crippen molar-refractivity contribution in [3.8, 4) is 0 Å². The van der Waals surface area contributed by atoms with Crippen LogP contribution in [0.4, 0.5) is 0 Å². The zero-order valence-corrected chi connectivity index (χ0v) is 19.7. The highest BCUT2D eigenvalue weighted by atomic mass is 32.2. The molecule has 2 aromatic rings. The third kappa shape index (κ3) is 5.41. The summed E-state index contributed by atoms with van der Waals surface area (Å²) in [6.07, 6.45) is 6.84. The lowest BCUT2D eigenvalue weighted by Crippen LogP contribution is -2.40. The molecule has 2 aromatic carbocycles. The summed E-state index contributed by atoms with van der Waals surface area (Å²) in [7, 11) is -3.57. The maximum Gasteiger partial charge on any atom is 0.243 e. The molecule has 0 aromatic heterocycles. The van der Waals surface area contributed by atoms with Crippen molar-refractivity contribution < 1.29 is 8.42 Å². The molecular formula is C26H35NO2S. The molecule has 0 aliphatic carbocycles. The van der Waals surface area contributed by atoms with Crippen LogP contribution in [0, 0.1) is 5.41 Å². The van der Waals surface area contributed by atoms with Crippen molar-refractivity contribution in [2.45, 2.75) is 70.2 Å². The Morgan fingerprint density at radius 3 is 2.23 bits per heavy atom. The molecule has 0 radical (unpaired) electrons. The van der Waals surface area contributed by atoms with E-state index in [4.69, 9.17) is 0 Å². The topological polar surface area (TPSA) is 37.4 Å². The van der Waals surface area contributed by atoms with Gasteiger partial charge in [-0.15, -0.1) is 0 Å². The van der Waals surface area contributed by atoms with Crippen LogP contribution >= 0.6 is 0 Å². The lowest BCUT2D eigenvalue weighted by molar-refractivity contribution is 0.282. The molecule has 3 nitrogen and oxygen atoms in total. The molecule has 1 unspecified atom stereocenters. The second-order valence-electron chi connectivity index (χ2n) is 10.2. The van der Waals surface area contributed by atoms with Gasteiger partial charge in [-0.1, -0.05) is 89.2 Å². The standard InChI is InChI=1S/C26H35NO2S/c1-25(2,3)22-13-16-24(17-14-22)30(28,29)27-19-9-18-26(4,5)20-23(27)15-12-21-10-7-6-8-11-21/h6-8,10-17,23H,9,18-20H2,1-5H3. The predicted molar refractivity (Wildman–Crippen MR) is 126 cm³/mol. The largest absolute Gasteiger partial charge is 0.243 e. The molecule has 1 aliphatic heterocycles. The molecule has 1 aliphatic rings. The summed E-state index contributed by atoms with van der Waals surface area (Å²) in [4.78, 5) is 0.383. The van der Waals surface area contributed by atoms with Crippen LogP contribution in [0.5, 0.6) is 0 Å². The zero-order chi connectivity index (χ0) is 22.0. The fourth-order valence-corrected chi connectivity index (χ4v) is 5.78. The summed E-state index contributed by atoms with van der Waals surface area (Å²) in [5.41, 5.74) is 2.33. The van der Waals surface area contributed by atoms with E-state index in [0.29, 0.717) is 11.4 Å². The highest BCUT2D eigenvalue weighted by Gasteiger charge is 2.36. The summed E-state index contributed by atoms with van der Waals surface area (Å²) in [5, 5.41) is 0. The van der Waals surface area contributed by atoms with E-state index in [1.54, 1.807) is 16.4 Å². The van der Waals surface area contributed by atoms with Gasteiger partial charge < -0.3 is 0 Å². The Kier molecular flexibility index (Phi) is 6.59. The van der Waals surface area contributed by atoms with Crippen LogP contribution in [0.15, 0.2) is 65.6 Å². The highest BCUT2D eigenvalue weighted by Crippen LogP contribution is 2.36. The normalized spacial score (nSPS) is 20.9. The summed E-state index contributed by atoms with van der Waals surface area (Å²) >= 11 is 0. The van der Waals surface area contributed by atoms with Gasteiger partial charge in [-0.25, -0.2) is 8.42 Å². The van der Waals surface area contributed by atoms with Gasteiger partial charge in [-0.2, -0.15) is 4.31 Å². The van der Waals surface area contributed by atoms with E-state index in [0.717, 1.165) is 30.4 Å². The molecule has 0 amide bonds. The van der Waals surface area contributed by atoms with Crippen molar-refractivity contribution in [1.82, 2.24) is 4.31 Å². The lowest BCUT2D eigenvalue weighted by atomic mass is 9.83. The van der Waals surface area contributed by atoms with Crippen molar-refractivity contribution in [3.05, 3.63) is 71.8 Å². The van der Waals surface area contributed by atoms with Crippen LogP contribution in [0.3, 0.4) is 0 Å². The van der Waals surface area contributed by atoms with Crippen LogP contribution < -0.4 is 0 Å². The minimum atomic E-state index is -3.57. The number of hydrogen-bond acceptors (Lipinski definition) is 2. The van der Waals surface area contributed by atoms with E-state index in [1.165, 1.54) is 0 Å². The quantitative estimate of drug-likeness (QED) is 0.579. The second kappa shape index (κ2) is 8.68. The van der Waals surface area contributed by atoms with Gasteiger partial charge in [-0.05, 0) is 53.4 Å². The van der Waals surface area contributed by atoms with E-state index >= 15 is 0 Å². The third-order valence-electron chi connectivity index (χ3n) is 6.00. The van der Waals surface area contributed by atoms with Crippen LogP contribution in [0.1, 0.15) is 65.0 Å². The van der Waals surface area contributed by atoms with Crippen molar-refractivity contribution in [1.29, 1.82) is 0 Å². The number of hydrogen-bond donors (Lipinski definition) is 0. The van der Waals surface area contributed by atoms with Gasteiger partial charge in [0.05, 0.1) is 4.90 Å². The fourth-order valence-electron chi connectivity index (χ4n) is 4.16. The number of benzene rings is 2. The zero-order valence-electron chi connectivity index (χ0n) is 18.9. The first-order valence-corrected chi connectivity index (χ1v) is 12.3. The van der Waals surface area contributed by atoms with Gasteiger partial charge in [0.1, 0.15) is 0 Å². The first-order chi connectivity index (χ1) is 14.0. The third-order valence-corrected chi connectivity index (χ3v) is 7.94. The van der Waals surface area contributed by atoms with E-state index in [1.807, 2.05) is 42.5 Å². The average Bonchev–Trinajstić information content (AvgIpc) is 2.84. The van der Waals surface area contributed by atoms with Gasteiger partial charge >= 0.3 is 0 Å². The second-order valence-corrected chi connectivity index (χ2v) is 12.1. The van der Waals surface area contributed by atoms with Crippen molar-refractivity contribution >= 4 is 16.1 Å². The smallest absolute Gasteiger partial charge is 0.207 e. The Bertz CT molecular complexity index is 968. The highest BCUT2D eigenvalue weighted by molar-refractivity contribution is 7.89. The summed E-state index contributed by atoms with van der Waals surface area (Å²) in [6, 6.07) is 17.4. The first-order valence-electron chi connectivity index (χ1n) is 10.8. The van der Waals surface area contributed by atoms with Crippen LogP contribution in [0.2, 0.25) is 0 Å². The minimum Gasteiger partial charge on any atom is -0.207 e. The van der Waals surface area contributed by atoms with Gasteiger partial charge in [0.25, 0.3) is 0 Å². The molecule has 0 bridgehead atoms. The van der Waals surface area contributed by atoms with E-state index < -0.39 is 10.0 Å². The summed E-state index contributed by atoms with van der Waals surface area (Å²) in [5.74, 6) is 0. The number of rotatable bonds is 4. The summed E-state index contributed by atoms with van der Waals surface area (Å²) in [6.45, 7) is 11.4. The van der Waals surface area contributed by atoms with E-state index in [2.05, 4.69) is 46.8 Å². The van der Waals surface area contributed by atoms with Crippen LogP contribution in [-0.4, -0.2) is 25.3 Å². The molecule has 0 saturated carbocycles. The predicted octanol–water partition coefficient (Wildman–Crippen LogP) is 6.27. The Hall–Kier alpha value is -1.91. The van der Waals surface area contributed by atoms with Gasteiger partial charge in [-0.3, -0.25) is 0 Å². The minimum absolute atomic E-state index is 0.00409. The molecule has 1 atom stereocenters. The molecule has 4 heteroatoms. The Labute approximate surface area is 182 Å². The molecular weight excluding hydrogens is 390 g/mol. The summed E-state index contributed by atoms with van der Waals surface area (Å²) < 4.78 is 29.0. The monoisotopic (exact) mass is 425 g/mol. The van der Waals surface area contributed by atoms with Gasteiger partial charge in [0.2, 0.25) is 10.0 Å². The Balaban J connectivity index is 1.95. The lowest BCUT2D eigenvalue weighted by Gasteiger charge is -2.30. The number of nitrogens with zero attached hydrogens (tertiary/aromatic N) is 1. The molecule has 1 fully saturated rings. The molecule has 30 heavy (non-hydrogen) atoms. The first kappa shape index (κ1) is 22.8. The Morgan fingerprint density at radius 1 is 1.00 bits per heavy atom. The van der Waals surface area contributed by atoms with Crippen LogP contribution in [0.25, 0.3) is 6.08 Å². The SMILES string of the molecule is CC1(C)CCCN(S(=O)(=O)c2ccc(C(C)(C)C)cc2)C(C=Cc2ccccc2)C1. The molecule has 1 heterocycles.